The molecule has 0 aliphatic carbocycles. The van der Waals surface area contributed by atoms with Gasteiger partial charge in [0.1, 0.15) is 0 Å². The van der Waals surface area contributed by atoms with Gasteiger partial charge in [-0.25, -0.2) is 0 Å². The Morgan fingerprint density at radius 1 is 1.09 bits per heavy atom. The van der Waals surface area contributed by atoms with Crippen molar-refractivity contribution in [1.82, 2.24) is 24.8 Å². The third-order valence-corrected chi connectivity index (χ3v) is 6.13. The molecule has 1 atom stereocenters. The standard InChI is InChI=1S/C24H28ClN5O2/c1-18(24(31)28(2)16-19-6-4-3-5-7-19)30-14-12-29(13-15-30)17-22-26-23(27-32-22)20-8-10-21(25)11-9-20/h3-11,18H,12-17H2,1-2H3. The second kappa shape index (κ2) is 10.3. The molecule has 4 rings (SSSR count). The van der Waals surface area contributed by atoms with Gasteiger partial charge >= 0.3 is 0 Å². The first kappa shape index (κ1) is 22.5. The molecule has 8 heteroatoms. The Bertz CT molecular complexity index is 1020. The van der Waals surface area contributed by atoms with Crippen molar-refractivity contribution in [2.24, 2.45) is 0 Å². The molecule has 0 saturated carbocycles. The molecule has 1 amide bonds. The van der Waals surface area contributed by atoms with Crippen LogP contribution in [0, 0.1) is 0 Å². The van der Waals surface area contributed by atoms with Crippen molar-refractivity contribution >= 4 is 17.5 Å². The molecule has 0 radical (unpaired) electrons. The number of hydrogen-bond donors (Lipinski definition) is 0. The number of hydrogen-bond acceptors (Lipinski definition) is 6. The molecule has 0 N–H and O–H groups in total. The number of nitrogens with zero attached hydrogens (tertiary/aromatic N) is 5. The number of rotatable bonds is 7. The van der Waals surface area contributed by atoms with Crippen molar-refractivity contribution in [2.45, 2.75) is 26.1 Å². The summed E-state index contributed by atoms with van der Waals surface area (Å²) >= 11 is 5.94. The van der Waals surface area contributed by atoms with E-state index < -0.39 is 0 Å². The van der Waals surface area contributed by atoms with Crippen LogP contribution >= 0.6 is 11.6 Å². The summed E-state index contributed by atoms with van der Waals surface area (Å²) in [6.07, 6.45) is 0. The molecular weight excluding hydrogens is 426 g/mol. The Labute approximate surface area is 193 Å². The molecule has 0 spiro atoms. The fourth-order valence-corrected chi connectivity index (χ4v) is 4.07. The van der Waals surface area contributed by atoms with Crippen LogP contribution in [0.5, 0.6) is 0 Å². The van der Waals surface area contributed by atoms with Crippen LogP contribution in [0.25, 0.3) is 11.4 Å². The van der Waals surface area contributed by atoms with Crippen LogP contribution in [0.3, 0.4) is 0 Å². The van der Waals surface area contributed by atoms with E-state index in [0.717, 1.165) is 37.3 Å². The summed E-state index contributed by atoms with van der Waals surface area (Å²) in [5.41, 5.74) is 2.01. The minimum Gasteiger partial charge on any atom is -0.340 e. The van der Waals surface area contributed by atoms with E-state index in [1.807, 2.05) is 73.5 Å². The third kappa shape index (κ3) is 5.54. The Morgan fingerprint density at radius 3 is 2.47 bits per heavy atom. The summed E-state index contributed by atoms with van der Waals surface area (Å²) in [7, 11) is 1.87. The first-order valence-corrected chi connectivity index (χ1v) is 11.2. The fraction of sp³-hybridized carbons (Fsp3) is 0.375. The topological polar surface area (TPSA) is 65.7 Å². The van der Waals surface area contributed by atoms with Crippen molar-refractivity contribution in [3.63, 3.8) is 0 Å². The van der Waals surface area contributed by atoms with Crippen molar-refractivity contribution in [3.05, 3.63) is 71.1 Å². The quantitative estimate of drug-likeness (QED) is 0.545. The largest absolute Gasteiger partial charge is 0.340 e. The number of benzene rings is 2. The lowest BCUT2D eigenvalue weighted by molar-refractivity contribution is -0.136. The molecule has 1 aliphatic heterocycles. The van der Waals surface area contributed by atoms with Crippen LogP contribution in [-0.2, 0) is 17.9 Å². The number of carbonyl (C=O) groups excluding carboxylic acids is 1. The second-order valence-electron chi connectivity index (χ2n) is 8.19. The van der Waals surface area contributed by atoms with Crippen LogP contribution in [-0.4, -0.2) is 70.0 Å². The molecule has 2 aromatic carbocycles. The summed E-state index contributed by atoms with van der Waals surface area (Å²) in [6, 6.07) is 17.3. The fourth-order valence-electron chi connectivity index (χ4n) is 3.95. The molecule has 168 valence electrons. The number of carbonyl (C=O) groups is 1. The van der Waals surface area contributed by atoms with Gasteiger partial charge in [0.25, 0.3) is 0 Å². The summed E-state index contributed by atoms with van der Waals surface area (Å²) in [5.74, 6) is 1.30. The molecule has 7 nitrogen and oxygen atoms in total. The number of piperazine rings is 1. The van der Waals surface area contributed by atoms with E-state index in [1.54, 1.807) is 0 Å². The maximum atomic E-state index is 12.9. The number of aromatic nitrogens is 2. The van der Waals surface area contributed by atoms with Gasteiger partial charge < -0.3 is 9.42 Å². The van der Waals surface area contributed by atoms with Gasteiger partial charge in [0.2, 0.25) is 17.6 Å². The van der Waals surface area contributed by atoms with Crippen molar-refractivity contribution < 1.29 is 9.32 Å². The van der Waals surface area contributed by atoms with Crippen LogP contribution in [0.1, 0.15) is 18.4 Å². The lowest BCUT2D eigenvalue weighted by Gasteiger charge is -2.38. The average molecular weight is 454 g/mol. The number of halogens is 1. The Hall–Kier alpha value is -2.74. The third-order valence-electron chi connectivity index (χ3n) is 5.88. The molecular formula is C24H28ClN5O2. The van der Waals surface area contributed by atoms with Crippen LogP contribution < -0.4 is 0 Å². The maximum absolute atomic E-state index is 12.9. The van der Waals surface area contributed by atoms with E-state index in [9.17, 15) is 4.79 Å². The average Bonchev–Trinajstić information content (AvgIpc) is 3.28. The summed E-state index contributed by atoms with van der Waals surface area (Å²) < 4.78 is 5.44. The van der Waals surface area contributed by atoms with E-state index in [2.05, 4.69) is 19.9 Å². The molecule has 32 heavy (non-hydrogen) atoms. The summed E-state index contributed by atoms with van der Waals surface area (Å²) in [6.45, 7) is 6.56. The predicted octanol–water partition coefficient (Wildman–Crippen LogP) is 3.55. The minimum absolute atomic E-state index is 0.145. The molecule has 1 saturated heterocycles. The van der Waals surface area contributed by atoms with Crippen LogP contribution in [0.4, 0.5) is 0 Å². The van der Waals surface area contributed by atoms with Crippen molar-refractivity contribution in [2.75, 3.05) is 33.2 Å². The van der Waals surface area contributed by atoms with E-state index in [1.165, 1.54) is 0 Å². The van der Waals surface area contributed by atoms with Gasteiger partial charge in [0.05, 0.1) is 12.6 Å². The lowest BCUT2D eigenvalue weighted by atomic mass is 10.1. The highest BCUT2D eigenvalue weighted by molar-refractivity contribution is 6.30. The van der Waals surface area contributed by atoms with Gasteiger partial charge in [0.15, 0.2) is 0 Å². The van der Waals surface area contributed by atoms with Gasteiger partial charge in [0, 0.05) is 50.4 Å². The van der Waals surface area contributed by atoms with Gasteiger partial charge in [-0.05, 0) is 36.8 Å². The zero-order valence-corrected chi connectivity index (χ0v) is 19.2. The Morgan fingerprint density at radius 2 is 1.78 bits per heavy atom. The number of likely N-dealkylation sites (N-methyl/N-ethyl adjacent to an activating group) is 1. The lowest BCUT2D eigenvalue weighted by Crippen LogP contribution is -2.53. The highest BCUT2D eigenvalue weighted by Gasteiger charge is 2.28. The number of amides is 1. The molecule has 1 fully saturated rings. The molecule has 1 unspecified atom stereocenters. The van der Waals surface area contributed by atoms with E-state index in [-0.39, 0.29) is 11.9 Å². The van der Waals surface area contributed by atoms with Crippen molar-refractivity contribution in [3.8, 4) is 11.4 Å². The van der Waals surface area contributed by atoms with Crippen LogP contribution in [0.2, 0.25) is 5.02 Å². The first-order valence-electron chi connectivity index (χ1n) is 10.8. The van der Waals surface area contributed by atoms with E-state index >= 15 is 0 Å². The minimum atomic E-state index is -0.147. The molecule has 1 aliphatic rings. The molecule has 2 heterocycles. The normalized spacial score (nSPS) is 16.1. The van der Waals surface area contributed by atoms with E-state index in [4.69, 9.17) is 16.1 Å². The molecule has 0 bridgehead atoms. The maximum Gasteiger partial charge on any atom is 0.241 e. The predicted molar refractivity (Wildman–Crippen MR) is 124 cm³/mol. The molecule has 1 aromatic heterocycles. The molecule has 3 aromatic rings. The Kier molecular flexibility index (Phi) is 7.19. The highest BCUT2D eigenvalue weighted by Crippen LogP contribution is 2.19. The highest BCUT2D eigenvalue weighted by atomic mass is 35.5. The second-order valence-corrected chi connectivity index (χ2v) is 8.62. The monoisotopic (exact) mass is 453 g/mol. The zero-order chi connectivity index (χ0) is 22.5. The first-order chi connectivity index (χ1) is 15.5. The zero-order valence-electron chi connectivity index (χ0n) is 18.4. The van der Waals surface area contributed by atoms with Gasteiger partial charge in [-0.2, -0.15) is 4.98 Å². The van der Waals surface area contributed by atoms with Gasteiger partial charge in [-0.3, -0.25) is 14.6 Å². The van der Waals surface area contributed by atoms with Gasteiger partial charge in [-0.1, -0.05) is 47.1 Å². The van der Waals surface area contributed by atoms with Crippen LogP contribution in [0.15, 0.2) is 59.1 Å². The van der Waals surface area contributed by atoms with E-state index in [0.29, 0.717) is 29.8 Å². The SMILES string of the molecule is CC(C(=O)N(C)Cc1ccccc1)N1CCN(Cc2nc(-c3ccc(Cl)cc3)no2)CC1. The summed E-state index contributed by atoms with van der Waals surface area (Å²) in [4.78, 5) is 23.7. The summed E-state index contributed by atoms with van der Waals surface area (Å²) in [5, 5.41) is 4.76. The van der Waals surface area contributed by atoms with Crippen molar-refractivity contribution in [1.29, 1.82) is 0 Å². The van der Waals surface area contributed by atoms with Gasteiger partial charge in [-0.15, -0.1) is 0 Å². The smallest absolute Gasteiger partial charge is 0.241 e. The Balaban J connectivity index is 1.26.